The molecule has 21 heavy (non-hydrogen) atoms. The molecule has 1 aromatic heterocycles. The molecule has 0 radical (unpaired) electrons. The van der Waals surface area contributed by atoms with Gasteiger partial charge >= 0.3 is 0 Å². The molecule has 4 nitrogen and oxygen atoms in total. The van der Waals surface area contributed by atoms with Gasteiger partial charge in [-0.1, -0.05) is 30.7 Å². The van der Waals surface area contributed by atoms with Crippen LogP contribution in [0.1, 0.15) is 43.3 Å². The zero-order valence-corrected chi connectivity index (χ0v) is 15.1. The van der Waals surface area contributed by atoms with E-state index >= 15 is 0 Å². The summed E-state index contributed by atoms with van der Waals surface area (Å²) in [5, 5.41) is 12.7. The molecule has 2 aromatic rings. The van der Waals surface area contributed by atoms with Gasteiger partial charge in [0.15, 0.2) is 0 Å². The zero-order chi connectivity index (χ0) is 15.6. The van der Waals surface area contributed by atoms with Crippen molar-refractivity contribution in [3.05, 3.63) is 38.6 Å². The smallest absolute Gasteiger partial charge is 0.103 e. The number of hydrogen-bond acceptors (Lipinski definition) is 3. The Hall–Kier alpha value is -0.910. The number of aromatic nitrogens is 3. The van der Waals surface area contributed by atoms with Crippen LogP contribution in [-0.4, -0.2) is 22.0 Å². The molecule has 1 unspecified atom stereocenters. The zero-order valence-electron chi connectivity index (χ0n) is 12.7. The lowest BCUT2D eigenvalue weighted by atomic mass is 10.1. The fourth-order valence-electron chi connectivity index (χ4n) is 2.44. The summed E-state index contributed by atoms with van der Waals surface area (Å²) in [5.41, 5.74) is 4.07. The number of benzene rings is 1. The van der Waals surface area contributed by atoms with Gasteiger partial charge in [-0.3, -0.25) is 0 Å². The number of hydrogen-bond donors (Lipinski definition) is 1. The van der Waals surface area contributed by atoms with E-state index < -0.39 is 0 Å². The van der Waals surface area contributed by atoms with E-state index in [0.717, 1.165) is 45.0 Å². The molecule has 0 fully saturated rings. The number of halogens is 2. The Morgan fingerprint density at radius 3 is 2.67 bits per heavy atom. The van der Waals surface area contributed by atoms with Crippen molar-refractivity contribution >= 4 is 27.5 Å². The molecule has 0 spiro atoms. The molecular weight excluding hydrogens is 352 g/mol. The summed E-state index contributed by atoms with van der Waals surface area (Å²) in [6.45, 7) is 6.24. The van der Waals surface area contributed by atoms with Gasteiger partial charge in [0.25, 0.3) is 0 Å². The second kappa shape index (κ2) is 6.90. The predicted octanol–water partition coefficient (Wildman–Crippen LogP) is 4.22. The Kier molecular flexibility index (Phi) is 5.41. The van der Waals surface area contributed by atoms with E-state index in [2.05, 4.69) is 45.4 Å². The fraction of sp³-hybridized carbons (Fsp3) is 0.467. The first kappa shape index (κ1) is 16.5. The summed E-state index contributed by atoms with van der Waals surface area (Å²) in [6, 6.07) is 4.15. The van der Waals surface area contributed by atoms with Crippen molar-refractivity contribution in [1.82, 2.24) is 20.3 Å². The molecule has 0 aliphatic carbocycles. The minimum Gasteiger partial charge on any atom is -0.312 e. The molecule has 1 N–H and O–H groups in total. The molecule has 114 valence electrons. The van der Waals surface area contributed by atoms with E-state index in [1.807, 2.05) is 30.8 Å². The number of aryl methyl sites for hydroxylation is 1. The maximum atomic E-state index is 6.26. The van der Waals surface area contributed by atoms with Gasteiger partial charge in [-0.05, 0) is 60.4 Å². The van der Waals surface area contributed by atoms with Crippen molar-refractivity contribution in [1.29, 1.82) is 0 Å². The molecule has 0 aliphatic heterocycles. The molecule has 1 heterocycles. The molecular formula is C15H20BrClN4. The standard InChI is InChI=1S/C15H20BrClN4/c1-5-12(18-4)15-13(6-2)21(20-19-15)14-8-11(17)9(3)7-10(14)16/h7-8,12,18H,5-6H2,1-4H3. The second-order valence-electron chi connectivity index (χ2n) is 4.99. The van der Waals surface area contributed by atoms with Crippen molar-refractivity contribution in [3.8, 4) is 5.69 Å². The highest BCUT2D eigenvalue weighted by Gasteiger charge is 2.20. The molecule has 0 saturated heterocycles. The van der Waals surface area contributed by atoms with Gasteiger partial charge in [-0.25, -0.2) is 4.68 Å². The first-order valence-corrected chi connectivity index (χ1v) is 8.28. The average Bonchev–Trinajstić information content (AvgIpc) is 2.88. The Bertz CT molecular complexity index is 635. The van der Waals surface area contributed by atoms with Crippen LogP contribution in [0.2, 0.25) is 5.02 Å². The van der Waals surface area contributed by atoms with Gasteiger partial charge in [0, 0.05) is 9.50 Å². The highest BCUT2D eigenvalue weighted by atomic mass is 79.9. The number of rotatable bonds is 5. The van der Waals surface area contributed by atoms with Crippen molar-refractivity contribution < 1.29 is 0 Å². The van der Waals surface area contributed by atoms with Crippen molar-refractivity contribution in [2.24, 2.45) is 0 Å². The minimum atomic E-state index is 0.216. The summed E-state index contributed by atoms with van der Waals surface area (Å²) in [4.78, 5) is 0. The molecule has 0 aliphatic rings. The fourth-order valence-corrected chi connectivity index (χ4v) is 3.22. The Labute approximate surface area is 139 Å². The summed E-state index contributed by atoms with van der Waals surface area (Å²) in [6.07, 6.45) is 1.83. The third-order valence-corrected chi connectivity index (χ3v) is 4.71. The quantitative estimate of drug-likeness (QED) is 0.855. The molecule has 1 aromatic carbocycles. The van der Waals surface area contributed by atoms with Crippen LogP contribution in [0.25, 0.3) is 5.69 Å². The normalized spacial score (nSPS) is 12.7. The van der Waals surface area contributed by atoms with E-state index in [4.69, 9.17) is 11.6 Å². The lowest BCUT2D eigenvalue weighted by molar-refractivity contribution is 0.555. The van der Waals surface area contributed by atoms with Gasteiger partial charge in [0.05, 0.1) is 17.4 Å². The Balaban J connectivity index is 2.58. The van der Waals surface area contributed by atoms with E-state index in [1.165, 1.54) is 0 Å². The van der Waals surface area contributed by atoms with Crippen molar-refractivity contribution in [2.75, 3.05) is 7.05 Å². The third-order valence-electron chi connectivity index (χ3n) is 3.67. The summed E-state index contributed by atoms with van der Waals surface area (Å²) in [7, 11) is 1.95. The Morgan fingerprint density at radius 1 is 1.38 bits per heavy atom. The van der Waals surface area contributed by atoms with Crippen LogP contribution in [0.3, 0.4) is 0 Å². The molecule has 2 rings (SSSR count). The van der Waals surface area contributed by atoms with Crippen LogP contribution in [0.15, 0.2) is 16.6 Å². The summed E-state index contributed by atoms with van der Waals surface area (Å²) >= 11 is 9.86. The maximum Gasteiger partial charge on any atom is 0.103 e. The van der Waals surface area contributed by atoms with Gasteiger partial charge < -0.3 is 5.32 Å². The SMILES string of the molecule is CCc1c(C(CC)NC)nnn1-c1cc(Cl)c(C)cc1Br. The van der Waals surface area contributed by atoms with E-state index in [1.54, 1.807) is 0 Å². The topological polar surface area (TPSA) is 42.7 Å². The minimum absolute atomic E-state index is 0.216. The molecule has 1 atom stereocenters. The van der Waals surface area contributed by atoms with Crippen molar-refractivity contribution in [3.63, 3.8) is 0 Å². The monoisotopic (exact) mass is 370 g/mol. The first-order chi connectivity index (χ1) is 10.0. The second-order valence-corrected chi connectivity index (χ2v) is 6.25. The number of nitrogens with zero attached hydrogens (tertiary/aromatic N) is 3. The third kappa shape index (κ3) is 3.15. The van der Waals surface area contributed by atoms with Crippen LogP contribution < -0.4 is 5.32 Å². The maximum absolute atomic E-state index is 6.26. The molecule has 6 heteroatoms. The molecule has 0 amide bonds. The molecule has 0 saturated carbocycles. The number of nitrogens with one attached hydrogen (secondary N) is 1. The van der Waals surface area contributed by atoms with Crippen LogP contribution in [0.5, 0.6) is 0 Å². The molecule has 0 bridgehead atoms. The van der Waals surface area contributed by atoms with E-state index in [9.17, 15) is 0 Å². The first-order valence-electron chi connectivity index (χ1n) is 7.11. The lowest BCUT2D eigenvalue weighted by Gasteiger charge is -2.14. The summed E-state index contributed by atoms with van der Waals surface area (Å²) in [5.74, 6) is 0. The van der Waals surface area contributed by atoms with Crippen LogP contribution in [0, 0.1) is 6.92 Å². The van der Waals surface area contributed by atoms with Gasteiger partial charge in [0.2, 0.25) is 0 Å². The highest BCUT2D eigenvalue weighted by molar-refractivity contribution is 9.10. The van der Waals surface area contributed by atoms with Crippen LogP contribution >= 0.6 is 27.5 Å². The average molecular weight is 372 g/mol. The van der Waals surface area contributed by atoms with Gasteiger partial charge in [-0.2, -0.15) is 0 Å². The van der Waals surface area contributed by atoms with Crippen LogP contribution in [-0.2, 0) is 6.42 Å². The highest BCUT2D eigenvalue weighted by Crippen LogP contribution is 2.30. The van der Waals surface area contributed by atoms with Crippen molar-refractivity contribution in [2.45, 2.75) is 39.7 Å². The van der Waals surface area contributed by atoms with Gasteiger partial charge in [-0.15, -0.1) is 5.10 Å². The van der Waals surface area contributed by atoms with Crippen LogP contribution in [0.4, 0.5) is 0 Å². The van der Waals surface area contributed by atoms with E-state index in [0.29, 0.717) is 0 Å². The van der Waals surface area contributed by atoms with Gasteiger partial charge in [0.1, 0.15) is 5.69 Å². The summed E-state index contributed by atoms with van der Waals surface area (Å²) < 4.78 is 2.85. The largest absolute Gasteiger partial charge is 0.312 e. The lowest BCUT2D eigenvalue weighted by Crippen LogP contribution is -2.17. The Morgan fingerprint density at radius 2 is 2.10 bits per heavy atom. The predicted molar refractivity (Wildman–Crippen MR) is 90.3 cm³/mol. The van der Waals surface area contributed by atoms with E-state index in [-0.39, 0.29) is 6.04 Å².